The van der Waals surface area contributed by atoms with E-state index in [2.05, 4.69) is 4.98 Å². The molecule has 0 unspecified atom stereocenters. The van der Waals surface area contributed by atoms with Crippen molar-refractivity contribution in [2.45, 2.75) is 6.61 Å². The molecule has 0 spiro atoms. The molecule has 0 atom stereocenters. The lowest BCUT2D eigenvalue weighted by Crippen LogP contribution is -1.94. The maximum atomic E-state index is 13.3. The van der Waals surface area contributed by atoms with Crippen LogP contribution in [0.4, 0.5) is 4.39 Å². The zero-order chi connectivity index (χ0) is 11.7. The van der Waals surface area contributed by atoms with Gasteiger partial charge in [0.05, 0.1) is 27.9 Å². The maximum Gasteiger partial charge on any atom is 0.143 e. The number of aromatic nitrogens is 1. The van der Waals surface area contributed by atoms with Gasteiger partial charge < -0.3 is 4.74 Å². The smallest absolute Gasteiger partial charge is 0.143 e. The van der Waals surface area contributed by atoms with Gasteiger partial charge >= 0.3 is 0 Å². The molecule has 1 aromatic carbocycles. The minimum absolute atomic E-state index is 0.0377. The Balaban J connectivity index is 2.67. The van der Waals surface area contributed by atoms with Gasteiger partial charge in [-0.05, 0) is 12.1 Å². The van der Waals surface area contributed by atoms with Gasteiger partial charge in [0.15, 0.2) is 0 Å². The molecule has 0 amide bonds. The molecule has 16 heavy (non-hydrogen) atoms. The van der Waals surface area contributed by atoms with Crippen molar-refractivity contribution in [3.8, 4) is 0 Å². The highest BCUT2D eigenvalue weighted by Gasteiger charge is 2.08. The number of fused-ring (bicyclic) bond motifs is 1. The standard InChI is InChI=1S/C11H8Cl2FNO/c1-16-5-6-2-8(12)7-3-9(13)10(14)4-11(7)15-6/h2-4H,5H2,1H3. The van der Waals surface area contributed by atoms with Gasteiger partial charge in [0.1, 0.15) is 5.82 Å². The van der Waals surface area contributed by atoms with Gasteiger partial charge in [-0.15, -0.1) is 0 Å². The fourth-order valence-electron chi connectivity index (χ4n) is 1.45. The molecule has 0 N–H and O–H groups in total. The topological polar surface area (TPSA) is 22.1 Å². The summed E-state index contributed by atoms with van der Waals surface area (Å²) in [5, 5.41) is 1.16. The molecule has 84 valence electrons. The molecule has 2 rings (SSSR count). The summed E-state index contributed by atoms with van der Waals surface area (Å²) < 4.78 is 18.2. The van der Waals surface area contributed by atoms with E-state index < -0.39 is 5.82 Å². The fraction of sp³-hybridized carbons (Fsp3) is 0.182. The first kappa shape index (κ1) is 11.6. The van der Waals surface area contributed by atoms with Crippen LogP contribution in [0, 0.1) is 5.82 Å². The number of nitrogens with zero attached hydrogens (tertiary/aromatic N) is 1. The summed E-state index contributed by atoms with van der Waals surface area (Å²) in [4.78, 5) is 4.22. The van der Waals surface area contributed by atoms with Crippen LogP contribution in [0.3, 0.4) is 0 Å². The molecule has 0 aliphatic carbocycles. The molecule has 0 radical (unpaired) electrons. The maximum absolute atomic E-state index is 13.3. The summed E-state index contributed by atoms with van der Waals surface area (Å²) in [6.07, 6.45) is 0. The first-order valence-corrected chi connectivity index (χ1v) is 5.30. The highest BCUT2D eigenvalue weighted by Crippen LogP contribution is 2.28. The van der Waals surface area contributed by atoms with Gasteiger partial charge in [-0.25, -0.2) is 4.39 Å². The second-order valence-electron chi connectivity index (χ2n) is 3.31. The predicted molar refractivity (Wildman–Crippen MR) is 62.4 cm³/mol. The number of ether oxygens (including phenoxy) is 1. The van der Waals surface area contributed by atoms with E-state index in [1.54, 1.807) is 13.2 Å². The van der Waals surface area contributed by atoms with Crippen LogP contribution in [0.25, 0.3) is 10.9 Å². The quantitative estimate of drug-likeness (QED) is 0.818. The van der Waals surface area contributed by atoms with Crippen LogP contribution in [0.1, 0.15) is 5.69 Å². The van der Waals surface area contributed by atoms with E-state index in [4.69, 9.17) is 27.9 Å². The lowest BCUT2D eigenvalue weighted by molar-refractivity contribution is 0.182. The molecule has 0 bridgehead atoms. The van der Waals surface area contributed by atoms with Crippen LogP contribution >= 0.6 is 23.2 Å². The minimum atomic E-state index is -0.507. The van der Waals surface area contributed by atoms with E-state index >= 15 is 0 Å². The molecule has 0 saturated heterocycles. The van der Waals surface area contributed by atoms with Crippen molar-refractivity contribution in [2.24, 2.45) is 0 Å². The molecular formula is C11H8Cl2FNO. The van der Waals surface area contributed by atoms with Crippen LogP contribution in [-0.2, 0) is 11.3 Å². The normalized spacial score (nSPS) is 11.0. The van der Waals surface area contributed by atoms with Crippen molar-refractivity contribution >= 4 is 34.1 Å². The number of benzene rings is 1. The van der Waals surface area contributed by atoms with Crippen molar-refractivity contribution in [3.63, 3.8) is 0 Å². The summed E-state index contributed by atoms with van der Waals surface area (Å²) >= 11 is 11.7. The van der Waals surface area contributed by atoms with Gasteiger partial charge in [-0.1, -0.05) is 23.2 Å². The Hall–Kier alpha value is -0.900. The molecule has 0 aliphatic heterocycles. The predicted octanol–water partition coefficient (Wildman–Crippen LogP) is 3.83. The van der Waals surface area contributed by atoms with Crippen molar-refractivity contribution in [1.29, 1.82) is 0 Å². The van der Waals surface area contributed by atoms with Gasteiger partial charge in [-0.3, -0.25) is 4.98 Å². The molecule has 5 heteroatoms. The zero-order valence-electron chi connectivity index (χ0n) is 8.43. The molecule has 0 saturated carbocycles. The zero-order valence-corrected chi connectivity index (χ0v) is 9.94. The summed E-state index contributed by atoms with van der Waals surface area (Å²) in [5.41, 5.74) is 1.13. The summed E-state index contributed by atoms with van der Waals surface area (Å²) in [6.45, 7) is 0.333. The van der Waals surface area contributed by atoms with Crippen LogP contribution in [0.2, 0.25) is 10.0 Å². The van der Waals surface area contributed by atoms with Crippen LogP contribution in [0.15, 0.2) is 18.2 Å². The van der Waals surface area contributed by atoms with Gasteiger partial charge in [0.2, 0.25) is 0 Å². The second kappa shape index (κ2) is 4.53. The Kier molecular flexibility index (Phi) is 3.28. The third-order valence-corrected chi connectivity index (χ3v) is 2.75. The Morgan fingerprint density at radius 1 is 1.25 bits per heavy atom. The number of hydrogen-bond donors (Lipinski definition) is 0. The first-order valence-electron chi connectivity index (χ1n) is 4.55. The summed E-state index contributed by atoms with van der Waals surface area (Å²) in [7, 11) is 1.56. The van der Waals surface area contributed by atoms with Crippen molar-refractivity contribution < 1.29 is 9.13 Å². The largest absolute Gasteiger partial charge is 0.378 e. The van der Waals surface area contributed by atoms with E-state index in [9.17, 15) is 4.39 Å². The third-order valence-electron chi connectivity index (χ3n) is 2.15. The van der Waals surface area contributed by atoms with Gasteiger partial charge in [0.25, 0.3) is 0 Å². The van der Waals surface area contributed by atoms with Gasteiger partial charge in [-0.2, -0.15) is 0 Å². The van der Waals surface area contributed by atoms with E-state index in [-0.39, 0.29) is 5.02 Å². The number of halogens is 3. The average molecular weight is 260 g/mol. The van der Waals surface area contributed by atoms with Gasteiger partial charge in [0, 0.05) is 18.6 Å². The van der Waals surface area contributed by atoms with Crippen molar-refractivity contribution in [1.82, 2.24) is 4.98 Å². The lowest BCUT2D eigenvalue weighted by atomic mass is 10.2. The molecule has 0 fully saturated rings. The molecular weight excluding hydrogens is 252 g/mol. The third kappa shape index (κ3) is 2.12. The molecule has 1 heterocycles. The Morgan fingerprint density at radius 2 is 2.00 bits per heavy atom. The average Bonchev–Trinajstić information content (AvgIpc) is 2.22. The lowest BCUT2D eigenvalue weighted by Gasteiger charge is -2.05. The van der Waals surface area contributed by atoms with E-state index in [0.29, 0.717) is 28.2 Å². The molecule has 2 nitrogen and oxygen atoms in total. The van der Waals surface area contributed by atoms with Crippen molar-refractivity contribution in [2.75, 3.05) is 7.11 Å². The number of methoxy groups -OCH3 is 1. The number of rotatable bonds is 2. The molecule has 2 aromatic rings. The summed E-state index contributed by atoms with van der Waals surface area (Å²) in [6, 6.07) is 4.42. The Morgan fingerprint density at radius 3 is 2.69 bits per heavy atom. The van der Waals surface area contributed by atoms with E-state index in [1.165, 1.54) is 12.1 Å². The SMILES string of the molecule is COCc1cc(Cl)c2cc(Cl)c(F)cc2n1. The van der Waals surface area contributed by atoms with Crippen molar-refractivity contribution in [3.05, 3.63) is 39.8 Å². The first-order chi connectivity index (χ1) is 7.61. The Labute approximate surface area is 102 Å². The van der Waals surface area contributed by atoms with Crippen LogP contribution in [0.5, 0.6) is 0 Å². The second-order valence-corrected chi connectivity index (χ2v) is 4.13. The summed E-state index contributed by atoms with van der Waals surface area (Å²) in [5.74, 6) is -0.507. The minimum Gasteiger partial charge on any atom is -0.378 e. The molecule has 1 aromatic heterocycles. The van der Waals surface area contributed by atoms with Crippen LogP contribution < -0.4 is 0 Å². The number of hydrogen-bond acceptors (Lipinski definition) is 2. The highest BCUT2D eigenvalue weighted by molar-refractivity contribution is 6.36. The number of pyridine rings is 1. The highest BCUT2D eigenvalue weighted by atomic mass is 35.5. The van der Waals surface area contributed by atoms with E-state index in [0.717, 1.165) is 0 Å². The van der Waals surface area contributed by atoms with Crippen LogP contribution in [-0.4, -0.2) is 12.1 Å². The Bertz CT molecular complexity index is 545. The van der Waals surface area contributed by atoms with E-state index in [1.807, 2.05) is 0 Å². The monoisotopic (exact) mass is 259 g/mol. The molecule has 0 aliphatic rings. The fourth-order valence-corrected chi connectivity index (χ4v) is 1.89.